The summed E-state index contributed by atoms with van der Waals surface area (Å²) in [6.07, 6.45) is 0.182. The molecule has 0 spiro atoms. The Hall–Kier alpha value is -1.16. The van der Waals surface area contributed by atoms with Gasteiger partial charge in [0.2, 0.25) is 0 Å². The topological polar surface area (TPSA) is 35.2 Å². The van der Waals surface area contributed by atoms with Crippen LogP contribution in [0.3, 0.4) is 0 Å². The van der Waals surface area contributed by atoms with E-state index in [2.05, 4.69) is 0 Å². The molecule has 1 aromatic rings. The Kier molecular flexibility index (Phi) is 3.41. The molecule has 0 bridgehead atoms. The molecule has 2 N–H and O–H groups in total. The standard InChI is InChI=1S/C10H13F2NO/c1-6(13)3-8-9(11)4-7(14-2)5-10(8)12/h4-6H,3,13H2,1-2H3. The fourth-order valence-corrected chi connectivity index (χ4v) is 1.21. The van der Waals surface area contributed by atoms with Crippen LogP contribution in [0.25, 0.3) is 0 Å². The maximum absolute atomic E-state index is 13.3. The first kappa shape index (κ1) is 10.9. The highest BCUT2D eigenvalue weighted by Crippen LogP contribution is 2.21. The van der Waals surface area contributed by atoms with Gasteiger partial charge in [-0.15, -0.1) is 0 Å². The van der Waals surface area contributed by atoms with Gasteiger partial charge in [-0.05, 0) is 13.3 Å². The number of nitrogens with two attached hydrogens (primary N) is 1. The Bertz CT molecular complexity index is 303. The Labute approximate surface area is 81.7 Å². The van der Waals surface area contributed by atoms with E-state index >= 15 is 0 Å². The van der Waals surface area contributed by atoms with Gasteiger partial charge in [0.05, 0.1) is 7.11 Å². The summed E-state index contributed by atoms with van der Waals surface area (Å²) in [5.41, 5.74) is 5.48. The van der Waals surface area contributed by atoms with E-state index in [4.69, 9.17) is 10.5 Å². The number of rotatable bonds is 3. The number of ether oxygens (including phenoxy) is 1. The first-order valence-electron chi connectivity index (χ1n) is 4.32. The molecule has 0 saturated carbocycles. The number of benzene rings is 1. The maximum Gasteiger partial charge on any atom is 0.133 e. The minimum atomic E-state index is -0.612. The zero-order chi connectivity index (χ0) is 10.7. The summed E-state index contributed by atoms with van der Waals surface area (Å²) in [4.78, 5) is 0. The second kappa shape index (κ2) is 4.37. The van der Waals surface area contributed by atoms with Crippen molar-refractivity contribution in [3.63, 3.8) is 0 Å². The summed E-state index contributed by atoms with van der Waals surface area (Å²) < 4.78 is 31.3. The summed E-state index contributed by atoms with van der Waals surface area (Å²) in [7, 11) is 1.36. The van der Waals surface area contributed by atoms with Crippen LogP contribution < -0.4 is 10.5 Å². The third-order valence-corrected chi connectivity index (χ3v) is 1.88. The third-order valence-electron chi connectivity index (χ3n) is 1.88. The molecule has 0 aromatic heterocycles. The van der Waals surface area contributed by atoms with Gasteiger partial charge < -0.3 is 10.5 Å². The van der Waals surface area contributed by atoms with Gasteiger partial charge in [-0.25, -0.2) is 8.78 Å². The van der Waals surface area contributed by atoms with Crippen molar-refractivity contribution in [3.05, 3.63) is 29.3 Å². The van der Waals surface area contributed by atoms with Crippen LogP contribution in [0.5, 0.6) is 5.75 Å². The van der Waals surface area contributed by atoms with Gasteiger partial charge in [0, 0.05) is 23.7 Å². The molecule has 1 rings (SSSR count). The van der Waals surface area contributed by atoms with E-state index in [1.807, 2.05) is 0 Å². The molecule has 4 heteroatoms. The normalized spacial score (nSPS) is 12.6. The van der Waals surface area contributed by atoms with Crippen LogP contribution in [0.15, 0.2) is 12.1 Å². The Morgan fingerprint density at radius 1 is 1.36 bits per heavy atom. The number of hydrogen-bond donors (Lipinski definition) is 1. The van der Waals surface area contributed by atoms with Crippen molar-refractivity contribution in [1.82, 2.24) is 0 Å². The van der Waals surface area contributed by atoms with Crippen LogP contribution in [0.2, 0.25) is 0 Å². The van der Waals surface area contributed by atoms with E-state index in [1.165, 1.54) is 7.11 Å². The second-order valence-corrected chi connectivity index (χ2v) is 3.25. The van der Waals surface area contributed by atoms with Gasteiger partial charge in [0.1, 0.15) is 17.4 Å². The first-order chi connectivity index (χ1) is 6.54. The highest BCUT2D eigenvalue weighted by molar-refractivity contribution is 5.30. The zero-order valence-corrected chi connectivity index (χ0v) is 8.18. The number of methoxy groups -OCH3 is 1. The van der Waals surface area contributed by atoms with Crippen molar-refractivity contribution < 1.29 is 13.5 Å². The molecule has 0 saturated heterocycles. The SMILES string of the molecule is COc1cc(F)c(CC(C)N)c(F)c1. The molecule has 2 nitrogen and oxygen atoms in total. The highest BCUT2D eigenvalue weighted by Gasteiger charge is 2.12. The van der Waals surface area contributed by atoms with Crippen LogP contribution in [0.1, 0.15) is 12.5 Å². The lowest BCUT2D eigenvalue weighted by Crippen LogP contribution is -2.19. The molecule has 14 heavy (non-hydrogen) atoms. The van der Waals surface area contributed by atoms with Gasteiger partial charge in [0.15, 0.2) is 0 Å². The minimum Gasteiger partial charge on any atom is -0.497 e. The summed E-state index contributed by atoms with van der Waals surface area (Å²) in [6.45, 7) is 1.70. The Morgan fingerprint density at radius 2 is 1.86 bits per heavy atom. The van der Waals surface area contributed by atoms with Crippen molar-refractivity contribution >= 4 is 0 Å². The fourth-order valence-electron chi connectivity index (χ4n) is 1.21. The predicted molar refractivity (Wildman–Crippen MR) is 50.3 cm³/mol. The van der Waals surface area contributed by atoms with E-state index in [9.17, 15) is 8.78 Å². The number of halogens is 2. The fraction of sp³-hybridized carbons (Fsp3) is 0.400. The molecule has 0 aliphatic carbocycles. The molecule has 0 radical (unpaired) electrons. The highest BCUT2D eigenvalue weighted by atomic mass is 19.1. The maximum atomic E-state index is 13.3. The molecular weight excluding hydrogens is 188 g/mol. The van der Waals surface area contributed by atoms with E-state index in [1.54, 1.807) is 6.92 Å². The summed E-state index contributed by atoms with van der Waals surface area (Å²) in [6, 6.07) is 2.04. The van der Waals surface area contributed by atoms with Gasteiger partial charge in [-0.1, -0.05) is 0 Å². The Balaban J connectivity index is 3.05. The van der Waals surface area contributed by atoms with E-state index in [-0.39, 0.29) is 23.8 Å². The zero-order valence-electron chi connectivity index (χ0n) is 8.18. The lowest BCUT2D eigenvalue weighted by molar-refractivity contribution is 0.404. The average Bonchev–Trinajstić information content (AvgIpc) is 2.10. The smallest absolute Gasteiger partial charge is 0.133 e. The minimum absolute atomic E-state index is 0.0146. The molecule has 1 unspecified atom stereocenters. The molecule has 0 fully saturated rings. The lowest BCUT2D eigenvalue weighted by Gasteiger charge is -2.09. The van der Waals surface area contributed by atoms with Crippen LogP contribution in [-0.4, -0.2) is 13.2 Å². The van der Waals surface area contributed by atoms with Crippen molar-refractivity contribution in [1.29, 1.82) is 0 Å². The first-order valence-corrected chi connectivity index (χ1v) is 4.32. The van der Waals surface area contributed by atoms with Gasteiger partial charge >= 0.3 is 0 Å². The average molecular weight is 201 g/mol. The summed E-state index contributed by atoms with van der Waals surface area (Å²) in [5.74, 6) is -1.05. The number of hydrogen-bond acceptors (Lipinski definition) is 2. The van der Waals surface area contributed by atoms with Crippen molar-refractivity contribution in [2.24, 2.45) is 5.73 Å². The molecule has 0 heterocycles. The van der Waals surface area contributed by atoms with Crippen molar-refractivity contribution in [2.75, 3.05) is 7.11 Å². The summed E-state index contributed by atoms with van der Waals surface area (Å²) >= 11 is 0. The van der Waals surface area contributed by atoms with Crippen LogP contribution in [0.4, 0.5) is 8.78 Å². The molecule has 0 aliphatic heterocycles. The van der Waals surface area contributed by atoms with Crippen LogP contribution in [-0.2, 0) is 6.42 Å². The molecule has 0 aliphatic rings. The van der Waals surface area contributed by atoms with Gasteiger partial charge in [-0.2, -0.15) is 0 Å². The third kappa shape index (κ3) is 2.42. The van der Waals surface area contributed by atoms with Gasteiger partial charge in [-0.3, -0.25) is 0 Å². The van der Waals surface area contributed by atoms with Gasteiger partial charge in [0.25, 0.3) is 0 Å². The molecule has 1 atom stereocenters. The quantitative estimate of drug-likeness (QED) is 0.810. The van der Waals surface area contributed by atoms with Crippen molar-refractivity contribution in [3.8, 4) is 5.75 Å². The van der Waals surface area contributed by atoms with E-state index in [0.29, 0.717) is 0 Å². The predicted octanol–water partition coefficient (Wildman–Crippen LogP) is 1.86. The molecule has 1 aromatic carbocycles. The van der Waals surface area contributed by atoms with Crippen LogP contribution in [0, 0.1) is 11.6 Å². The lowest BCUT2D eigenvalue weighted by atomic mass is 10.1. The van der Waals surface area contributed by atoms with E-state index < -0.39 is 11.6 Å². The largest absolute Gasteiger partial charge is 0.497 e. The van der Waals surface area contributed by atoms with Crippen molar-refractivity contribution in [2.45, 2.75) is 19.4 Å². The monoisotopic (exact) mass is 201 g/mol. The Morgan fingerprint density at radius 3 is 2.21 bits per heavy atom. The van der Waals surface area contributed by atoms with E-state index in [0.717, 1.165) is 12.1 Å². The molecule has 78 valence electrons. The molecular formula is C10H13F2NO. The van der Waals surface area contributed by atoms with Crippen LogP contribution >= 0.6 is 0 Å². The summed E-state index contributed by atoms with van der Waals surface area (Å²) in [5, 5.41) is 0. The molecule has 0 amide bonds. The second-order valence-electron chi connectivity index (χ2n) is 3.25.